The molecule has 3 rings (SSSR count). The number of hydrogen-bond acceptors (Lipinski definition) is 3. The van der Waals surface area contributed by atoms with Crippen molar-refractivity contribution in [2.75, 3.05) is 5.32 Å². The SMILES string of the molecule is C[C@H](N[C@H](C(=O)Nc1ccc(F)cc1)c1ccccc1)c1ccco1. The van der Waals surface area contributed by atoms with E-state index >= 15 is 0 Å². The van der Waals surface area contributed by atoms with E-state index in [0.717, 1.165) is 11.3 Å². The Hall–Kier alpha value is -2.92. The molecular formula is C20H19FN2O2. The third kappa shape index (κ3) is 4.33. The lowest BCUT2D eigenvalue weighted by Crippen LogP contribution is -2.34. The highest BCUT2D eigenvalue weighted by atomic mass is 19.1. The van der Waals surface area contributed by atoms with Crippen molar-refractivity contribution in [2.45, 2.75) is 19.0 Å². The van der Waals surface area contributed by atoms with Gasteiger partial charge < -0.3 is 9.73 Å². The summed E-state index contributed by atoms with van der Waals surface area (Å²) in [7, 11) is 0. The fourth-order valence-corrected chi connectivity index (χ4v) is 2.59. The third-order valence-corrected chi connectivity index (χ3v) is 3.89. The molecule has 2 atom stereocenters. The second-order valence-corrected chi connectivity index (χ2v) is 5.74. The van der Waals surface area contributed by atoms with E-state index in [2.05, 4.69) is 10.6 Å². The number of carbonyl (C=O) groups is 1. The lowest BCUT2D eigenvalue weighted by molar-refractivity contribution is -0.118. The number of benzene rings is 2. The van der Waals surface area contributed by atoms with Crippen LogP contribution in [0.3, 0.4) is 0 Å². The minimum Gasteiger partial charge on any atom is -0.468 e. The standard InChI is InChI=1S/C20H19FN2O2/c1-14(18-8-5-13-25-18)22-19(15-6-3-2-4-7-15)20(24)23-17-11-9-16(21)10-12-17/h2-14,19,22H,1H3,(H,23,24)/t14-,19-/m0/s1. The summed E-state index contributed by atoms with van der Waals surface area (Å²) in [6.45, 7) is 1.93. The van der Waals surface area contributed by atoms with Crippen LogP contribution in [-0.4, -0.2) is 5.91 Å². The fraction of sp³-hybridized carbons (Fsp3) is 0.150. The minimum atomic E-state index is -0.577. The summed E-state index contributed by atoms with van der Waals surface area (Å²) in [5, 5.41) is 6.11. The zero-order valence-corrected chi connectivity index (χ0v) is 13.8. The molecule has 25 heavy (non-hydrogen) atoms. The molecule has 0 saturated carbocycles. The van der Waals surface area contributed by atoms with Gasteiger partial charge in [0, 0.05) is 5.69 Å². The molecule has 0 aliphatic rings. The van der Waals surface area contributed by atoms with Crippen LogP contribution in [0.2, 0.25) is 0 Å². The Morgan fingerprint density at radius 2 is 1.72 bits per heavy atom. The van der Waals surface area contributed by atoms with Gasteiger partial charge in [-0.15, -0.1) is 0 Å². The van der Waals surface area contributed by atoms with Crippen molar-refractivity contribution < 1.29 is 13.6 Å². The van der Waals surface area contributed by atoms with Gasteiger partial charge >= 0.3 is 0 Å². The predicted octanol–water partition coefficient (Wildman–Crippen LogP) is 4.45. The molecule has 128 valence electrons. The Bertz CT molecular complexity index is 801. The van der Waals surface area contributed by atoms with Crippen LogP contribution in [-0.2, 0) is 4.79 Å². The highest BCUT2D eigenvalue weighted by Crippen LogP contribution is 2.22. The second kappa shape index (κ2) is 7.77. The van der Waals surface area contributed by atoms with E-state index < -0.39 is 6.04 Å². The second-order valence-electron chi connectivity index (χ2n) is 5.74. The maximum atomic E-state index is 13.0. The average molecular weight is 338 g/mol. The molecule has 1 heterocycles. The van der Waals surface area contributed by atoms with E-state index in [1.165, 1.54) is 24.3 Å². The molecule has 0 radical (unpaired) electrons. The highest BCUT2D eigenvalue weighted by Gasteiger charge is 2.23. The molecular weight excluding hydrogens is 319 g/mol. The molecule has 4 nitrogen and oxygen atoms in total. The number of hydrogen-bond donors (Lipinski definition) is 2. The van der Waals surface area contributed by atoms with Gasteiger partial charge in [0.15, 0.2) is 0 Å². The van der Waals surface area contributed by atoms with Crippen LogP contribution in [0.1, 0.15) is 30.3 Å². The van der Waals surface area contributed by atoms with Crippen LogP contribution < -0.4 is 10.6 Å². The first kappa shape index (κ1) is 16.9. The van der Waals surface area contributed by atoms with Gasteiger partial charge in [0.1, 0.15) is 17.6 Å². The van der Waals surface area contributed by atoms with Crippen LogP contribution in [0.15, 0.2) is 77.4 Å². The lowest BCUT2D eigenvalue weighted by Gasteiger charge is -2.22. The zero-order chi connectivity index (χ0) is 17.6. The number of carbonyl (C=O) groups excluding carboxylic acids is 1. The largest absolute Gasteiger partial charge is 0.468 e. The van der Waals surface area contributed by atoms with Gasteiger partial charge in [0.25, 0.3) is 0 Å². The predicted molar refractivity (Wildman–Crippen MR) is 94.5 cm³/mol. The molecule has 0 fully saturated rings. The van der Waals surface area contributed by atoms with Gasteiger partial charge in [0.2, 0.25) is 5.91 Å². The maximum absolute atomic E-state index is 13.0. The molecule has 0 aliphatic heterocycles. The molecule has 0 aliphatic carbocycles. The summed E-state index contributed by atoms with van der Waals surface area (Å²) in [4.78, 5) is 12.8. The average Bonchev–Trinajstić information content (AvgIpc) is 3.17. The summed E-state index contributed by atoms with van der Waals surface area (Å²) < 4.78 is 18.4. The minimum absolute atomic E-state index is 0.154. The van der Waals surface area contributed by atoms with E-state index in [4.69, 9.17) is 4.42 Å². The first-order valence-corrected chi connectivity index (χ1v) is 8.04. The highest BCUT2D eigenvalue weighted by molar-refractivity contribution is 5.95. The van der Waals surface area contributed by atoms with Gasteiger partial charge in [0.05, 0.1) is 12.3 Å². The van der Waals surface area contributed by atoms with Crippen molar-refractivity contribution in [1.29, 1.82) is 0 Å². The molecule has 5 heteroatoms. The van der Waals surface area contributed by atoms with Crippen molar-refractivity contribution in [3.05, 3.63) is 90.1 Å². The third-order valence-electron chi connectivity index (χ3n) is 3.89. The number of anilines is 1. The Kier molecular flexibility index (Phi) is 5.26. The first-order chi connectivity index (χ1) is 12.1. The topological polar surface area (TPSA) is 54.3 Å². The smallest absolute Gasteiger partial charge is 0.246 e. The monoisotopic (exact) mass is 338 g/mol. The molecule has 0 saturated heterocycles. The molecule has 2 N–H and O–H groups in total. The van der Waals surface area contributed by atoms with Crippen LogP contribution in [0.5, 0.6) is 0 Å². The van der Waals surface area contributed by atoms with Crippen LogP contribution in [0.25, 0.3) is 0 Å². The van der Waals surface area contributed by atoms with Crippen molar-refractivity contribution in [1.82, 2.24) is 5.32 Å². The lowest BCUT2D eigenvalue weighted by atomic mass is 10.0. The van der Waals surface area contributed by atoms with E-state index in [9.17, 15) is 9.18 Å². The fourth-order valence-electron chi connectivity index (χ4n) is 2.59. The Labute approximate surface area is 145 Å². The van der Waals surface area contributed by atoms with E-state index in [-0.39, 0.29) is 17.8 Å². The Morgan fingerprint density at radius 3 is 2.36 bits per heavy atom. The van der Waals surface area contributed by atoms with E-state index in [1.807, 2.05) is 49.4 Å². The van der Waals surface area contributed by atoms with Gasteiger partial charge in [-0.25, -0.2) is 4.39 Å². The quantitative estimate of drug-likeness (QED) is 0.698. The Balaban J connectivity index is 1.80. The molecule has 0 spiro atoms. The number of rotatable bonds is 6. The molecule has 0 unspecified atom stereocenters. The summed E-state index contributed by atoms with van der Waals surface area (Å²) >= 11 is 0. The first-order valence-electron chi connectivity index (χ1n) is 8.04. The summed E-state index contributed by atoms with van der Waals surface area (Å²) in [5.74, 6) is 0.175. The van der Waals surface area contributed by atoms with Crippen molar-refractivity contribution >= 4 is 11.6 Å². The number of nitrogens with one attached hydrogen (secondary N) is 2. The van der Waals surface area contributed by atoms with Gasteiger partial charge in [-0.05, 0) is 48.9 Å². The Morgan fingerprint density at radius 1 is 1.00 bits per heavy atom. The van der Waals surface area contributed by atoms with Crippen molar-refractivity contribution in [2.24, 2.45) is 0 Å². The molecule has 3 aromatic rings. The molecule has 2 aromatic carbocycles. The van der Waals surface area contributed by atoms with Crippen LogP contribution in [0, 0.1) is 5.82 Å². The summed E-state index contributed by atoms with van der Waals surface area (Å²) in [5.41, 5.74) is 1.38. The van der Waals surface area contributed by atoms with Gasteiger partial charge in [-0.2, -0.15) is 0 Å². The van der Waals surface area contributed by atoms with Crippen molar-refractivity contribution in [3.8, 4) is 0 Å². The zero-order valence-electron chi connectivity index (χ0n) is 13.8. The van der Waals surface area contributed by atoms with Crippen LogP contribution >= 0.6 is 0 Å². The maximum Gasteiger partial charge on any atom is 0.246 e. The normalized spacial score (nSPS) is 13.2. The molecule has 1 amide bonds. The number of amides is 1. The summed E-state index contributed by atoms with van der Waals surface area (Å²) in [6.07, 6.45) is 1.60. The van der Waals surface area contributed by atoms with Gasteiger partial charge in [-0.1, -0.05) is 30.3 Å². The van der Waals surface area contributed by atoms with Gasteiger partial charge in [-0.3, -0.25) is 10.1 Å². The molecule has 0 bridgehead atoms. The summed E-state index contributed by atoms with van der Waals surface area (Å²) in [6, 6.07) is 18.1. The van der Waals surface area contributed by atoms with E-state index in [1.54, 1.807) is 6.26 Å². The van der Waals surface area contributed by atoms with Crippen LogP contribution in [0.4, 0.5) is 10.1 Å². The number of halogens is 1. The van der Waals surface area contributed by atoms with Crippen molar-refractivity contribution in [3.63, 3.8) is 0 Å². The molecule has 1 aromatic heterocycles. The van der Waals surface area contributed by atoms with E-state index in [0.29, 0.717) is 5.69 Å². The number of furan rings is 1.